The van der Waals surface area contributed by atoms with Gasteiger partial charge in [0, 0.05) is 49.0 Å². The fraction of sp³-hybridized carbons (Fsp3) is 0. The Morgan fingerprint density at radius 1 is 0.333 bits per heavy atom. The van der Waals surface area contributed by atoms with Crippen LogP contribution in [0.2, 0.25) is 0 Å². The number of fused-ring (bicyclic) bond motifs is 8. The van der Waals surface area contributed by atoms with E-state index in [-0.39, 0.29) is 0 Å². The van der Waals surface area contributed by atoms with E-state index in [1.165, 1.54) is 21.8 Å². The van der Waals surface area contributed by atoms with Crippen LogP contribution in [-0.2, 0) is 0 Å². The standard InChI is InChI=1S/C55H34N4O/c1-3-16-35(17-4-1)53-56-54(36-18-5-2-6-19-36)58-55(57-53)40-23-14-21-38(33-40)37-20-13-22-39(32-37)41-28-15-31-50-51(41)46-34-49(44-26-7-8-27-45(44)52(46)60-50)59-47-29-11-9-24-42(47)43-25-10-12-30-48(43)59/h1-34H. The summed E-state index contributed by atoms with van der Waals surface area (Å²) < 4.78 is 9.23. The van der Waals surface area contributed by atoms with Crippen LogP contribution in [0.5, 0.6) is 0 Å². The largest absolute Gasteiger partial charge is 0.455 e. The molecule has 0 amide bonds. The van der Waals surface area contributed by atoms with Gasteiger partial charge in [-0.3, -0.25) is 0 Å². The number of nitrogens with zero attached hydrogens (tertiary/aromatic N) is 4. The fourth-order valence-electron chi connectivity index (χ4n) is 8.88. The number of hydrogen-bond acceptors (Lipinski definition) is 4. The summed E-state index contributed by atoms with van der Waals surface area (Å²) in [4.78, 5) is 14.9. The van der Waals surface area contributed by atoms with Crippen LogP contribution < -0.4 is 0 Å². The van der Waals surface area contributed by atoms with Gasteiger partial charge >= 0.3 is 0 Å². The molecule has 0 unspecified atom stereocenters. The van der Waals surface area contributed by atoms with E-state index in [0.29, 0.717) is 17.5 Å². The molecule has 0 fully saturated rings. The van der Waals surface area contributed by atoms with Crippen LogP contribution in [-0.4, -0.2) is 19.5 Å². The SMILES string of the molecule is c1ccc(-c2nc(-c3ccccc3)nc(-c3cccc(-c4cccc(-c5cccc6oc7c8ccccc8c(-n8c9ccccc9c9ccccc98)cc7c56)c4)c3)n2)cc1. The average Bonchev–Trinajstić information content (AvgIpc) is 3.88. The Balaban J connectivity index is 1.01. The Kier molecular flexibility index (Phi) is 7.78. The zero-order valence-electron chi connectivity index (χ0n) is 32.3. The van der Waals surface area contributed by atoms with Gasteiger partial charge < -0.3 is 8.98 Å². The molecular formula is C55H34N4O. The summed E-state index contributed by atoms with van der Waals surface area (Å²) in [5.41, 5.74) is 12.4. The highest BCUT2D eigenvalue weighted by Gasteiger charge is 2.21. The van der Waals surface area contributed by atoms with Crippen LogP contribution in [0.3, 0.4) is 0 Å². The molecule has 12 aromatic rings. The Bertz CT molecular complexity index is 3490. The molecule has 0 N–H and O–H groups in total. The molecule has 5 heteroatoms. The normalized spacial score (nSPS) is 11.7. The fourth-order valence-corrected chi connectivity index (χ4v) is 8.88. The van der Waals surface area contributed by atoms with Crippen molar-refractivity contribution in [3.05, 3.63) is 206 Å². The van der Waals surface area contributed by atoms with Crippen molar-refractivity contribution in [3.63, 3.8) is 0 Å². The van der Waals surface area contributed by atoms with E-state index < -0.39 is 0 Å². The minimum absolute atomic E-state index is 0.627. The molecule has 0 bridgehead atoms. The van der Waals surface area contributed by atoms with Crippen LogP contribution in [0, 0.1) is 0 Å². The van der Waals surface area contributed by atoms with Gasteiger partial charge in [-0.05, 0) is 58.7 Å². The second-order valence-electron chi connectivity index (χ2n) is 15.2. The van der Waals surface area contributed by atoms with Gasteiger partial charge in [0.1, 0.15) is 11.2 Å². The van der Waals surface area contributed by atoms with Crippen LogP contribution >= 0.6 is 0 Å². The van der Waals surface area contributed by atoms with Gasteiger partial charge in [-0.1, -0.05) is 170 Å². The maximum absolute atomic E-state index is 6.81. The molecule has 280 valence electrons. The molecule has 0 saturated carbocycles. The van der Waals surface area contributed by atoms with E-state index in [1.807, 2.05) is 60.7 Å². The second kappa shape index (κ2) is 13.8. The predicted octanol–water partition coefficient (Wildman–Crippen LogP) is 14.4. The molecule has 0 spiro atoms. The first kappa shape index (κ1) is 33.9. The van der Waals surface area contributed by atoms with E-state index in [4.69, 9.17) is 19.4 Å². The van der Waals surface area contributed by atoms with Crippen molar-refractivity contribution in [2.24, 2.45) is 0 Å². The van der Waals surface area contributed by atoms with Crippen molar-refractivity contribution >= 4 is 54.5 Å². The Hall–Kier alpha value is -8.15. The van der Waals surface area contributed by atoms with Crippen molar-refractivity contribution in [3.8, 4) is 62.1 Å². The monoisotopic (exact) mass is 766 g/mol. The van der Waals surface area contributed by atoms with Crippen LogP contribution in [0.15, 0.2) is 211 Å². The van der Waals surface area contributed by atoms with Crippen LogP contribution in [0.25, 0.3) is 117 Å². The second-order valence-corrected chi connectivity index (χ2v) is 15.2. The molecular weight excluding hydrogens is 733 g/mol. The maximum atomic E-state index is 6.81. The molecule has 0 radical (unpaired) electrons. The lowest BCUT2D eigenvalue weighted by Crippen LogP contribution is -2.00. The maximum Gasteiger partial charge on any atom is 0.164 e. The van der Waals surface area contributed by atoms with Crippen molar-refractivity contribution in [1.29, 1.82) is 0 Å². The van der Waals surface area contributed by atoms with Crippen molar-refractivity contribution in [1.82, 2.24) is 19.5 Å². The topological polar surface area (TPSA) is 56.7 Å². The lowest BCUT2D eigenvalue weighted by atomic mass is 9.94. The van der Waals surface area contributed by atoms with Gasteiger partial charge in [-0.15, -0.1) is 0 Å². The van der Waals surface area contributed by atoms with Gasteiger partial charge in [0.05, 0.1) is 16.7 Å². The molecule has 0 aliphatic heterocycles. The molecule has 3 heterocycles. The highest BCUT2D eigenvalue weighted by atomic mass is 16.3. The first-order chi connectivity index (χ1) is 29.7. The number of hydrogen-bond donors (Lipinski definition) is 0. The highest BCUT2D eigenvalue weighted by Crippen LogP contribution is 2.44. The van der Waals surface area contributed by atoms with Gasteiger partial charge in [-0.2, -0.15) is 0 Å². The van der Waals surface area contributed by atoms with Crippen molar-refractivity contribution < 1.29 is 4.42 Å². The van der Waals surface area contributed by atoms with Crippen molar-refractivity contribution in [2.75, 3.05) is 0 Å². The Labute approximate surface area is 345 Å². The van der Waals surface area contributed by atoms with Crippen LogP contribution in [0.4, 0.5) is 0 Å². The zero-order valence-corrected chi connectivity index (χ0v) is 32.3. The summed E-state index contributed by atoms with van der Waals surface area (Å²) in [5.74, 6) is 1.91. The summed E-state index contributed by atoms with van der Waals surface area (Å²) in [6.45, 7) is 0. The number of para-hydroxylation sites is 2. The van der Waals surface area contributed by atoms with E-state index in [2.05, 4.69) is 150 Å². The summed E-state index contributed by atoms with van der Waals surface area (Å²) >= 11 is 0. The molecule has 12 rings (SSSR count). The zero-order chi connectivity index (χ0) is 39.6. The van der Waals surface area contributed by atoms with Gasteiger partial charge in [-0.25, -0.2) is 15.0 Å². The van der Waals surface area contributed by atoms with E-state index in [9.17, 15) is 0 Å². The van der Waals surface area contributed by atoms with E-state index in [0.717, 1.165) is 77.3 Å². The summed E-state index contributed by atoms with van der Waals surface area (Å²) in [6.07, 6.45) is 0. The van der Waals surface area contributed by atoms with Gasteiger partial charge in [0.25, 0.3) is 0 Å². The summed E-state index contributed by atoms with van der Waals surface area (Å²) in [5, 5.41) is 6.88. The molecule has 5 nitrogen and oxygen atoms in total. The third kappa shape index (κ3) is 5.52. The molecule has 9 aromatic carbocycles. The predicted molar refractivity (Wildman–Crippen MR) is 246 cm³/mol. The minimum Gasteiger partial charge on any atom is -0.455 e. The minimum atomic E-state index is 0.627. The summed E-state index contributed by atoms with van der Waals surface area (Å²) in [7, 11) is 0. The molecule has 0 aliphatic carbocycles. The lowest BCUT2D eigenvalue weighted by molar-refractivity contribution is 0.672. The molecule has 0 atom stereocenters. The highest BCUT2D eigenvalue weighted by molar-refractivity contribution is 6.22. The quantitative estimate of drug-likeness (QED) is 0.169. The van der Waals surface area contributed by atoms with E-state index in [1.54, 1.807) is 0 Å². The lowest BCUT2D eigenvalue weighted by Gasteiger charge is -2.13. The first-order valence-electron chi connectivity index (χ1n) is 20.2. The molecule has 3 aromatic heterocycles. The molecule has 0 aliphatic rings. The third-order valence-electron chi connectivity index (χ3n) is 11.6. The van der Waals surface area contributed by atoms with Crippen LogP contribution in [0.1, 0.15) is 0 Å². The number of rotatable bonds is 6. The van der Waals surface area contributed by atoms with E-state index >= 15 is 0 Å². The Morgan fingerprint density at radius 2 is 0.800 bits per heavy atom. The number of aromatic nitrogens is 4. The Morgan fingerprint density at radius 3 is 1.43 bits per heavy atom. The summed E-state index contributed by atoms with van der Waals surface area (Å²) in [6, 6.07) is 72.2. The molecule has 0 saturated heterocycles. The van der Waals surface area contributed by atoms with Crippen molar-refractivity contribution in [2.45, 2.75) is 0 Å². The first-order valence-corrected chi connectivity index (χ1v) is 20.2. The van der Waals surface area contributed by atoms with Gasteiger partial charge in [0.2, 0.25) is 0 Å². The van der Waals surface area contributed by atoms with Gasteiger partial charge in [0.15, 0.2) is 17.5 Å². The molecule has 60 heavy (non-hydrogen) atoms. The number of furan rings is 1. The third-order valence-corrected chi connectivity index (χ3v) is 11.6. The number of benzene rings is 9. The smallest absolute Gasteiger partial charge is 0.164 e. The average molecular weight is 767 g/mol.